The van der Waals surface area contributed by atoms with Gasteiger partial charge in [-0.3, -0.25) is 19.5 Å². The third kappa shape index (κ3) is 3.48. The van der Waals surface area contributed by atoms with E-state index < -0.39 is 0 Å². The van der Waals surface area contributed by atoms with Gasteiger partial charge in [0.05, 0.1) is 22.2 Å². The number of aromatic amines is 1. The number of nitrogens with one attached hydrogen (secondary N) is 1. The number of hydrogen-bond acceptors (Lipinski definition) is 7. The van der Waals surface area contributed by atoms with Crippen LogP contribution in [0.4, 0.5) is 5.88 Å². The van der Waals surface area contributed by atoms with Crippen molar-refractivity contribution < 1.29 is 4.42 Å². The lowest BCUT2D eigenvalue weighted by atomic mass is 10.0. The van der Waals surface area contributed by atoms with Crippen molar-refractivity contribution in [2.75, 3.05) is 12.3 Å². The van der Waals surface area contributed by atoms with Crippen LogP contribution in [-0.4, -0.2) is 26.4 Å². The molecule has 0 unspecified atom stereocenters. The summed E-state index contributed by atoms with van der Waals surface area (Å²) in [4.78, 5) is 39.6. The van der Waals surface area contributed by atoms with Gasteiger partial charge in [-0.05, 0) is 49.2 Å². The summed E-state index contributed by atoms with van der Waals surface area (Å²) < 4.78 is 5.77. The number of hydrogen-bond donors (Lipinski definition) is 2. The van der Waals surface area contributed by atoms with E-state index >= 15 is 0 Å². The molecule has 0 spiro atoms. The van der Waals surface area contributed by atoms with Crippen molar-refractivity contribution in [2.45, 2.75) is 33.4 Å². The molecular weight excluding hydrogens is 406 g/mol. The number of nitrogens with two attached hydrogens (primary N) is 1. The van der Waals surface area contributed by atoms with Gasteiger partial charge in [-0.2, -0.15) is 0 Å². The van der Waals surface area contributed by atoms with Gasteiger partial charge < -0.3 is 15.1 Å². The first-order chi connectivity index (χ1) is 15.4. The van der Waals surface area contributed by atoms with Crippen LogP contribution >= 0.6 is 0 Å². The Labute approximate surface area is 183 Å². The van der Waals surface area contributed by atoms with Crippen molar-refractivity contribution in [3.63, 3.8) is 0 Å². The maximum Gasteiger partial charge on any atom is 0.255 e. The van der Waals surface area contributed by atoms with Crippen LogP contribution in [0.5, 0.6) is 0 Å². The van der Waals surface area contributed by atoms with Crippen molar-refractivity contribution in [1.82, 2.24) is 19.9 Å². The Balaban J connectivity index is 1.46. The highest BCUT2D eigenvalue weighted by atomic mass is 16.3. The van der Waals surface area contributed by atoms with Crippen molar-refractivity contribution in [3.8, 4) is 11.4 Å². The van der Waals surface area contributed by atoms with Crippen LogP contribution in [0.3, 0.4) is 0 Å². The molecule has 8 heteroatoms. The number of fused-ring (bicyclic) bond motifs is 2. The van der Waals surface area contributed by atoms with Gasteiger partial charge in [0.2, 0.25) is 0 Å². The highest BCUT2D eigenvalue weighted by molar-refractivity contribution is 5.80. The fraction of sp³-hybridized carbons (Fsp3) is 0.250. The van der Waals surface area contributed by atoms with E-state index in [2.05, 4.69) is 15.0 Å². The highest BCUT2D eigenvalue weighted by Gasteiger charge is 2.24. The molecule has 0 bridgehead atoms. The topological polar surface area (TPSA) is 118 Å². The van der Waals surface area contributed by atoms with E-state index in [9.17, 15) is 9.59 Å². The molecule has 0 radical (unpaired) electrons. The van der Waals surface area contributed by atoms with Crippen LogP contribution in [0, 0.1) is 13.8 Å². The van der Waals surface area contributed by atoms with Crippen LogP contribution in [0.1, 0.15) is 27.9 Å². The van der Waals surface area contributed by atoms with Gasteiger partial charge in [0.15, 0.2) is 11.3 Å². The first-order valence-electron chi connectivity index (χ1n) is 10.5. The third-order valence-corrected chi connectivity index (χ3v) is 6.10. The minimum absolute atomic E-state index is 0.121. The van der Waals surface area contributed by atoms with Gasteiger partial charge >= 0.3 is 0 Å². The second-order valence-corrected chi connectivity index (χ2v) is 8.25. The number of benzene rings is 1. The van der Waals surface area contributed by atoms with Crippen molar-refractivity contribution in [1.29, 1.82) is 0 Å². The van der Waals surface area contributed by atoms with Gasteiger partial charge in [-0.15, -0.1) is 0 Å². The molecule has 8 nitrogen and oxygen atoms in total. The molecule has 162 valence electrons. The normalized spacial score (nSPS) is 13.9. The molecule has 1 aliphatic rings. The zero-order chi connectivity index (χ0) is 22.4. The third-order valence-electron chi connectivity index (χ3n) is 6.10. The smallest absolute Gasteiger partial charge is 0.255 e. The molecule has 5 rings (SSSR count). The number of nitrogen functional groups attached to an aromatic ring is 1. The van der Waals surface area contributed by atoms with E-state index in [0.29, 0.717) is 54.0 Å². The largest absolute Gasteiger partial charge is 0.440 e. The Morgan fingerprint density at radius 1 is 1.22 bits per heavy atom. The Hall–Kier alpha value is -3.78. The van der Waals surface area contributed by atoms with E-state index in [0.717, 1.165) is 22.4 Å². The number of anilines is 1. The zero-order valence-corrected chi connectivity index (χ0v) is 17.9. The molecule has 1 aromatic carbocycles. The van der Waals surface area contributed by atoms with E-state index in [-0.39, 0.29) is 16.9 Å². The average Bonchev–Trinajstić information content (AvgIpc) is 2.79. The van der Waals surface area contributed by atoms with Crippen molar-refractivity contribution in [3.05, 3.63) is 85.2 Å². The average molecular weight is 429 g/mol. The van der Waals surface area contributed by atoms with E-state index in [4.69, 9.17) is 10.2 Å². The summed E-state index contributed by atoms with van der Waals surface area (Å²) in [7, 11) is 0. The monoisotopic (exact) mass is 429 g/mol. The van der Waals surface area contributed by atoms with Crippen LogP contribution in [0.15, 0.2) is 50.7 Å². The van der Waals surface area contributed by atoms with Crippen molar-refractivity contribution >= 4 is 16.9 Å². The Bertz CT molecular complexity index is 1460. The number of aromatic nitrogens is 3. The molecule has 4 aromatic rings. The molecule has 4 heterocycles. The van der Waals surface area contributed by atoms with Gasteiger partial charge in [0.1, 0.15) is 11.4 Å². The molecule has 1 aliphatic heterocycles. The highest BCUT2D eigenvalue weighted by Crippen LogP contribution is 2.24. The van der Waals surface area contributed by atoms with E-state index in [1.165, 1.54) is 0 Å². The molecule has 3 N–H and O–H groups in total. The molecule has 32 heavy (non-hydrogen) atoms. The van der Waals surface area contributed by atoms with E-state index in [1.807, 2.05) is 36.9 Å². The number of aryl methyl sites for hydroxylation is 2. The SMILES string of the molecule is Cc1cc2oc(N)c(CN3CCc4nc(-c5cccnc5)[nH]c(=O)c4C3)c(=O)c2cc1C. The molecule has 0 amide bonds. The van der Waals surface area contributed by atoms with Gasteiger partial charge in [-0.25, -0.2) is 4.98 Å². The molecule has 3 aromatic heterocycles. The standard InChI is InChI=1S/C24H23N5O3/c1-13-8-16-20(9-14(13)2)32-22(25)18(21(16)30)12-29-7-5-19-17(11-29)24(31)28-23(27-19)15-4-3-6-26-10-15/h3-4,6,8-10H,5,7,11-12,25H2,1-2H3,(H,27,28,31). The summed E-state index contributed by atoms with van der Waals surface area (Å²) in [5.74, 6) is 0.635. The fourth-order valence-electron chi connectivity index (χ4n) is 4.13. The summed E-state index contributed by atoms with van der Waals surface area (Å²) in [5, 5.41) is 0.523. The summed E-state index contributed by atoms with van der Waals surface area (Å²) in [6, 6.07) is 7.35. The summed E-state index contributed by atoms with van der Waals surface area (Å²) in [5.41, 5.74) is 10.9. The molecular formula is C24H23N5O3. The lowest BCUT2D eigenvalue weighted by Gasteiger charge is -2.27. The van der Waals surface area contributed by atoms with Crippen LogP contribution in [0.2, 0.25) is 0 Å². The maximum atomic E-state index is 13.1. The fourth-order valence-corrected chi connectivity index (χ4v) is 4.13. The quantitative estimate of drug-likeness (QED) is 0.514. The summed E-state index contributed by atoms with van der Waals surface area (Å²) in [6.45, 7) is 5.27. The zero-order valence-electron chi connectivity index (χ0n) is 17.9. The van der Waals surface area contributed by atoms with Crippen LogP contribution < -0.4 is 16.7 Å². The van der Waals surface area contributed by atoms with Crippen molar-refractivity contribution in [2.24, 2.45) is 0 Å². The van der Waals surface area contributed by atoms with Gasteiger partial charge in [0, 0.05) is 44.0 Å². The Morgan fingerprint density at radius 3 is 2.81 bits per heavy atom. The van der Waals surface area contributed by atoms with Gasteiger partial charge in [0.25, 0.3) is 5.56 Å². The number of pyridine rings is 1. The lowest BCUT2D eigenvalue weighted by Crippen LogP contribution is -2.36. The Morgan fingerprint density at radius 2 is 2.03 bits per heavy atom. The summed E-state index contributed by atoms with van der Waals surface area (Å²) >= 11 is 0. The molecule has 0 fully saturated rings. The molecule has 0 saturated carbocycles. The maximum absolute atomic E-state index is 13.1. The predicted octanol–water partition coefficient (Wildman–Crippen LogP) is 2.70. The molecule has 0 atom stereocenters. The molecule has 0 saturated heterocycles. The van der Waals surface area contributed by atoms with Crippen LogP contribution in [0.25, 0.3) is 22.4 Å². The second kappa shape index (κ2) is 7.72. The van der Waals surface area contributed by atoms with Crippen LogP contribution in [-0.2, 0) is 19.5 Å². The first-order valence-corrected chi connectivity index (χ1v) is 10.5. The Kier molecular flexibility index (Phi) is 4.86. The van der Waals surface area contributed by atoms with E-state index in [1.54, 1.807) is 18.5 Å². The first kappa shape index (κ1) is 20.1. The predicted molar refractivity (Wildman–Crippen MR) is 122 cm³/mol. The second-order valence-electron chi connectivity index (χ2n) is 8.25. The summed E-state index contributed by atoms with van der Waals surface area (Å²) in [6.07, 6.45) is 3.95. The lowest BCUT2D eigenvalue weighted by molar-refractivity contribution is 0.240. The van der Waals surface area contributed by atoms with Gasteiger partial charge in [-0.1, -0.05) is 0 Å². The minimum Gasteiger partial charge on any atom is -0.440 e. The minimum atomic E-state index is -0.178. The number of rotatable bonds is 3. The number of nitrogens with zero attached hydrogens (tertiary/aromatic N) is 3. The number of H-pyrrole nitrogens is 1. The molecule has 0 aliphatic carbocycles.